The fourth-order valence-electron chi connectivity index (χ4n) is 2.64. The van der Waals surface area contributed by atoms with Gasteiger partial charge in [-0.2, -0.15) is 0 Å². The van der Waals surface area contributed by atoms with Crippen LogP contribution < -0.4 is 0 Å². The van der Waals surface area contributed by atoms with E-state index in [4.69, 9.17) is 0 Å². The molecule has 17 heavy (non-hydrogen) atoms. The quantitative estimate of drug-likeness (QED) is 0.734. The van der Waals surface area contributed by atoms with Gasteiger partial charge in [0.2, 0.25) is 0 Å². The molecule has 1 fully saturated rings. The molecule has 2 aromatic rings. The predicted octanol–water partition coefficient (Wildman–Crippen LogP) is 3.64. The lowest BCUT2D eigenvalue weighted by Gasteiger charge is -2.26. The lowest BCUT2D eigenvalue weighted by molar-refractivity contribution is 0.101. The van der Waals surface area contributed by atoms with Crippen molar-refractivity contribution >= 4 is 16.7 Å². The van der Waals surface area contributed by atoms with Crippen LogP contribution in [-0.4, -0.2) is 10.4 Å². The second kappa shape index (κ2) is 4.02. The summed E-state index contributed by atoms with van der Waals surface area (Å²) in [5.41, 5.74) is 2.04. The van der Waals surface area contributed by atoms with Crippen LogP contribution in [0.5, 0.6) is 0 Å². The Hall–Kier alpha value is -1.57. The largest absolute Gasteiger partial charge is 0.347 e. The first kappa shape index (κ1) is 10.6. The number of ketones is 1. The summed E-state index contributed by atoms with van der Waals surface area (Å²) >= 11 is 0. The van der Waals surface area contributed by atoms with Gasteiger partial charge in [-0.1, -0.05) is 18.6 Å². The number of nitrogens with zero attached hydrogens (tertiary/aromatic N) is 1. The molecule has 0 unspecified atom stereocenters. The third-order valence-electron chi connectivity index (χ3n) is 3.87. The number of hydrogen-bond donors (Lipinski definition) is 0. The van der Waals surface area contributed by atoms with E-state index in [1.54, 1.807) is 6.92 Å². The Kier molecular flexibility index (Phi) is 2.50. The van der Waals surface area contributed by atoms with E-state index in [-0.39, 0.29) is 5.78 Å². The summed E-state index contributed by atoms with van der Waals surface area (Å²) in [5.74, 6) is 0.989. The summed E-state index contributed by atoms with van der Waals surface area (Å²) in [6.07, 6.45) is 6.20. The Morgan fingerprint density at radius 3 is 2.82 bits per heavy atom. The van der Waals surface area contributed by atoms with Crippen molar-refractivity contribution in [2.75, 3.05) is 0 Å². The van der Waals surface area contributed by atoms with E-state index in [1.807, 2.05) is 12.1 Å². The molecule has 0 amide bonds. The molecule has 1 heterocycles. The van der Waals surface area contributed by atoms with Crippen molar-refractivity contribution in [1.82, 2.24) is 4.57 Å². The van der Waals surface area contributed by atoms with E-state index >= 15 is 0 Å². The van der Waals surface area contributed by atoms with Crippen molar-refractivity contribution < 1.29 is 4.79 Å². The molecule has 0 saturated heterocycles. The van der Waals surface area contributed by atoms with Gasteiger partial charge in [-0.3, -0.25) is 4.79 Å². The van der Waals surface area contributed by atoms with Gasteiger partial charge in [0.15, 0.2) is 5.78 Å². The van der Waals surface area contributed by atoms with E-state index in [9.17, 15) is 4.79 Å². The summed E-state index contributed by atoms with van der Waals surface area (Å²) in [5, 5.41) is 1.10. The van der Waals surface area contributed by atoms with Gasteiger partial charge in [0.25, 0.3) is 0 Å². The molecular weight excluding hydrogens is 210 g/mol. The van der Waals surface area contributed by atoms with E-state index in [0.717, 1.165) is 23.4 Å². The molecule has 0 N–H and O–H groups in total. The molecule has 2 nitrogen and oxygen atoms in total. The smallest absolute Gasteiger partial charge is 0.160 e. The fourth-order valence-corrected chi connectivity index (χ4v) is 2.64. The van der Waals surface area contributed by atoms with E-state index in [0.29, 0.717) is 0 Å². The van der Waals surface area contributed by atoms with Crippen molar-refractivity contribution in [1.29, 1.82) is 0 Å². The summed E-state index contributed by atoms with van der Waals surface area (Å²) in [7, 11) is 0. The molecule has 3 rings (SSSR count). The molecule has 0 spiro atoms. The zero-order chi connectivity index (χ0) is 11.8. The Morgan fingerprint density at radius 1 is 1.35 bits per heavy atom. The summed E-state index contributed by atoms with van der Waals surface area (Å²) < 4.78 is 2.30. The topological polar surface area (TPSA) is 22.0 Å². The number of hydrogen-bond acceptors (Lipinski definition) is 1. The third-order valence-corrected chi connectivity index (χ3v) is 3.87. The number of fused-ring (bicyclic) bond motifs is 1. The molecular formula is C15H17NO. The fraction of sp³-hybridized carbons (Fsp3) is 0.400. The maximum atomic E-state index is 11.5. The van der Waals surface area contributed by atoms with Crippen LogP contribution in [-0.2, 0) is 6.54 Å². The van der Waals surface area contributed by atoms with Crippen molar-refractivity contribution in [2.24, 2.45) is 5.92 Å². The zero-order valence-electron chi connectivity index (χ0n) is 10.1. The van der Waals surface area contributed by atoms with Crippen LogP contribution in [0.3, 0.4) is 0 Å². The maximum Gasteiger partial charge on any atom is 0.160 e. The van der Waals surface area contributed by atoms with Crippen molar-refractivity contribution in [3.63, 3.8) is 0 Å². The second-order valence-electron chi connectivity index (χ2n) is 5.06. The maximum absolute atomic E-state index is 11.5. The molecule has 0 atom stereocenters. The van der Waals surface area contributed by atoms with Gasteiger partial charge in [0.05, 0.1) is 0 Å². The summed E-state index contributed by atoms with van der Waals surface area (Å²) in [6, 6.07) is 8.08. The first-order valence-corrected chi connectivity index (χ1v) is 6.34. The van der Waals surface area contributed by atoms with Crippen LogP contribution in [0.15, 0.2) is 30.5 Å². The number of Topliss-reactive ketones (excluding diaryl/α,β-unsaturated/α-hetero) is 1. The van der Waals surface area contributed by atoms with Crippen LogP contribution in [0.1, 0.15) is 36.5 Å². The number of carbonyl (C=O) groups excluding carboxylic acids is 1. The highest BCUT2D eigenvalue weighted by molar-refractivity contribution is 6.06. The minimum absolute atomic E-state index is 0.150. The Labute approximate surface area is 101 Å². The summed E-state index contributed by atoms with van der Waals surface area (Å²) in [6.45, 7) is 2.74. The SMILES string of the molecule is CC(=O)c1cccc2c1ccn2CC1CCC1. The molecule has 0 bridgehead atoms. The molecule has 1 saturated carbocycles. The standard InChI is InChI=1S/C15H17NO/c1-11(17)13-6-3-7-15-14(13)8-9-16(15)10-12-4-2-5-12/h3,6-9,12H,2,4-5,10H2,1H3. The second-order valence-corrected chi connectivity index (χ2v) is 5.06. The van der Waals surface area contributed by atoms with E-state index in [1.165, 1.54) is 24.8 Å². The van der Waals surface area contributed by atoms with E-state index < -0.39 is 0 Å². The van der Waals surface area contributed by atoms with Gasteiger partial charge in [0, 0.05) is 29.2 Å². The van der Waals surface area contributed by atoms with Crippen molar-refractivity contribution in [3.8, 4) is 0 Å². The average molecular weight is 227 g/mol. The van der Waals surface area contributed by atoms with Gasteiger partial charge >= 0.3 is 0 Å². The minimum Gasteiger partial charge on any atom is -0.347 e. The number of rotatable bonds is 3. The van der Waals surface area contributed by atoms with Gasteiger partial charge in [-0.05, 0) is 37.8 Å². The van der Waals surface area contributed by atoms with Crippen LogP contribution in [0.2, 0.25) is 0 Å². The summed E-state index contributed by atoms with van der Waals surface area (Å²) in [4.78, 5) is 11.5. The highest BCUT2D eigenvalue weighted by Crippen LogP contribution is 2.30. The number of benzene rings is 1. The van der Waals surface area contributed by atoms with Crippen LogP contribution in [0, 0.1) is 5.92 Å². The molecule has 1 aromatic carbocycles. The van der Waals surface area contributed by atoms with Gasteiger partial charge in [0.1, 0.15) is 0 Å². The molecule has 0 radical (unpaired) electrons. The average Bonchev–Trinajstić information content (AvgIpc) is 2.66. The van der Waals surface area contributed by atoms with Crippen molar-refractivity contribution in [2.45, 2.75) is 32.7 Å². The number of aromatic nitrogens is 1. The highest BCUT2D eigenvalue weighted by atomic mass is 16.1. The van der Waals surface area contributed by atoms with Crippen LogP contribution >= 0.6 is 0 Å². The van der Waals surface area contributed by atoms with Crippen LogP contribution in [0.4, 0.5) is 0 Å². The normalized spacial score (nSPS) is 16.1. The monoisotopic (exact) mass is 227 g/mol. The Morgan fingerprint density at radius 2 is 2.18 bits per heavy atom. The molecule has 1 aromatic heterocycles. The van der Waals surface area contributed by atoms with E-state index in [2.05, 4.69) is 22.9 Å². The van der Waals surface area contributed by atoms with Gasteiger partial charge < -0.3 is 4.57 Å². The number of carbonyl (C=O) groups is 1. The zero-order valence-corrected chi connectivity index (χ0v) is 10.1. The molecule has 0 aliphatic heterocycles. The Bertz CT molecular complexity index is 563. The van der Waals surface area contributed by atoms with Gasteiger partial charge in [-0.15, -0.1) is 0 Å². The molecule has 88 valence electrons. The third kappa shape index (κ3) is 1.78. The highest BCUT2D eigenvalue weighted by Gasteiger charge is 2.18. The first-order valence-electron chi connectivity index (χ1n) is 6.34. The predicted molar refractivity (Wildman–Crippen MR) is 69.3 cm³/mol. The molecule has 2 heteroatoms. The first-order chi connectivity index (χ1) is 8.25. The molecule has 1 aliphatic rings. The minimum atomic E-state index is 0.150. The van der Waals surface area contributed by atoms with Crippen molar-refractivity contribution in [3.05, 3.63) is 36.0 Å². The van der Waals surface area contributed by atoms with Gasteiger partial charge in [-0.25, -0.2) is 0 Å². The lowest BCUT2D eigenvalue weighted by atomic mass is 9.85. The van der Waals surface area contributed by atoms with Crippen LogP contribution in [0.25, 0.3) is 10.9 Å². The lowest BCUT2D eigenvalue weighted by Crippen LogP contribution is -2.17. The Balaban J connectivity index is 2.03. The molecule has 1 aliphatic carbocycles.